The second-order valence-corrected chi connectivity index (χ2v) is 9.24. The van der Waals surface area contributed by atoms with Crippen molar-refractivity contribution >= 4 is 5.78 Å². The van der Waals surface area contributed by atoms with Gasteiger partial charge in [-0.3, -0.25) is 4.79 Å². The van der Waals surface area contributed by atoms with Crippen LogP contribution in [-0.4, -0.2) is 16.5 Å². The highest BCUT2D eigenvalue weighted by atomic mass is 16.3. The van der Waals surface area contributed by atoms with Gasteiger partial charge in [0, 0.05) is 12.3 Å². The van der Waals surface area contributed by atoms with Crippen molar-refractivity contribution in [3.05, 3.63) is 11.6 Å². The fraction of sp³-hybridized carbons (Fsp3) is 0.810. The number of ketones is 1. The highest BCUT2D eigenvalue weighted by Crippen LogP contribution is 2.65. The van der Waals surface area contributed by atoms with E-state index in [9.17, 15) is 15.2 Å². The first-order chi connectivity index (χ1) is 11.4. The van der Waals surface area contributed by atoms with Crippen LogP contribution in [0, 0.1) is 46.3 Å². The molecule has 0 saturated heterocycles. The van der Waals surface area contributed by atoms with Crippen LogP contribution in [0.5, 0.6) is 0 Å². The van der Waals surface area contributed by atoms with E-state index >= 15 is 0 Å². The lowest BCUT2D eigenvalue weighted by Crippen LogP contribution is -2.50. The lowest BCUT2D eigenvalue weighted by Gasteiger charge is -2.54. The lowest BCUT2D eigenvalue weighted by atomic mass is 9.50. The van der Waals surface area contributed by atoms with Gasteiger partial charge in [-0.05, 0) is 87.0 Å². The largest absolute Gasteiger partial charge is 0.375 e. The van der Waals surface area contributed by atoms with E-state index < -0.39 is 5.60 Å². The van der Waals surface area contributed by atoms with Crippen molar-refractivity contribution in [1.29, 1.82) is 5.26 Å². The maximum atomic E-state index is 11.8. The third-order valence-corrected chi connectivity index (χ3v) is 8.21. The minimum absolute atomic E-state index is 0.103. The second kappa shape index (κ2) is 5.43. The first-order valence-electron chi connectivity index (χ1n) is 9.74. The number of fused-ring (bicyclic) bond motifs is 5. The van der Waals surface area contributed by atoms with Gasteiger partial charge in [0.2, 0.25) is 0 Å². The minimum Gasteiger partial charge on any atom is -0.375 e. The zero-order chi connectivity index (χ0) is 17.1. The first kappa shape index (κ1) is 16.3. The predicted octanol–water partition coefficient (Wildman–Crippen LogP) is 4.02. The van der Waals surface area contributed by atoms with Gasteiger partial charge in [0.25, 0.3) is 0 Å². The molecule has 0 aliphatic heterocycles. The van der Waals surface area contributed by atoms with E-state index in [1.165, 1.54) is 18.4 Å². The van der Waals surface area contributed by atoms with Crippen LogP contribution in [0.25, 0.3) is 0 Å². The summed E-state index contributed by atoms with van der Waals surface area (Å²) in [6.07, 6.45) is 10.5. The van der Waals surface area contributed by atoms with Crippen molar-refractivity contribution in [3.8, 4) is 6.07 Å². The Morgan fingerprint density at radius 2 is 2.00 bits per heavy atom. The monoisotopic (exact) mass is 327 g/mol. The van der Waals surface area contributed by atoms with Gasteiger partial charge in [0.15, 0.2) is 11.4 Å². The Morgan fingerprint density at radius 1 is 1.21 bits per heavy atom. The number of rotatable bonds is 1. The van der Waals surface area contributed by atoms with Crippen molar-refractivity contribution in [1.82, 2.24) is 0 Å². The number of aliphatic hydroxyl groups is 1. The van der Waals surface area contributed by atoms with E-state index in [2.05, 4.69) is 13.0 Å². The highest BCUT2D eigenvalue weighted by molar-refractivity contribution is 5.91. The molecule has 0 aromatic carbocycles. The van der Waals surface area contributed by atoms with Crippen molar-refractivity contribution in [2.75, 3.05) is 0 Å². The molecule has 0 bridgehead atoms. The summed E-state index contributed by atoms with van der Waals surface area (Å²) in [5.74, 6) is 3.14. The Balaban J connectivity index is 1.62. The normalized spacial score (nSPS) is 46.8. The summed E-state index contributed by atoms with van der Waals surface area (Å²) in [7, 11) is 0. The van der Waals surface area contributed by atoms with Gasteiger partial charge in [-0.2, -0.15) is 5.26 Å². The van der Waals surface area contributed by atoms with E-state index in [1.807, 2.05) is 6.08 Å². The lowest BCUT2D eigenvalue weighted by molar-refractivity contribution is -0.116. The van der Waals surface area contributed by atoms with Gasteiger partial charge < -0.3 is 5.11 Å². The quantitative estimate of drug-likeness (QED) is 0.740. The molecule has 4 aliphatic rings. The Labute approximate surface area is 145 Å². The van der Waals surface area contributed by atoms with E-state index in [4.69, 9.17) is 0 Å². The van der Waals surface area contributed by atoms with Gasteiger partial charge in [-0.15, -0.1) is 0 Å². The van der Waals surface area contributed by atoms with Crippen molar-refractivity contribution in [3.63, 3.8) is 0 Å². The van der Waals surface area contributed by atoms with Gasteiger partial charge in [0.1, 0.15) is 0 Å². The molecule has 3 nitrogen and oxygen atoms in total. The number of carbonyl (C=O) groups is 1. The molecule has 130 valence electrons. The summed E-state index contributed by atoms with van der Waals surface area (Å²) in [6, 6.07) is 2.17. The Kier molecular flexibility index (Phi) is 3.69. The summed E-state index contributed by atoms with van der Waals surface area (Å²) in [6.45, 7) is 4.05. The Morgan fingerprint density at radius 3 is 2.75 bits per heavy atom. The molecule has 0 amide bonds. The summed E-state index contributed by atoms with van der Waals surface area (Å²) in [5.41, 5.74) is 0.328. The van der Waals surface area contributed by atoms with Crippen LogP contribution >= 0.6 is 0 Å². The summed E-state index contributed by atoms with van der Waals surface area (Å²) < 4.78 is 0. The summed E-state index contributed by atoms with van der Waals surface area (Å²) >= 11 is 0. The van der Waals surface area contributed by atoms with Crippen LogP contribution in [-0.2, 0) is 4.79 Å². The number of hydrogen-bond acceptors (Lipinski definition) is 3. The number of hydrogen-bond donors (Lipinski definition) is 1. The van der Waals surface area contributed by atoms with E-state index in [1.54, 1.807) is 6.92 Å². The molecule has 0 radical (unpaired) electrons. The molecular formula is C21H29NO2. The van der Waals surface area contributed by atoms with E-state index in [0.29, 0.717) is 17.6 Å². The maximum Gasteiger partial charge on any atom is 0.155 e. The SMILES string of the molecule is CC(O)(C#N)C1CCC2C3CCC4=CC(=O)CCC4C3CCC21C. The predicted molar refractivity (Wildman–Crippen MR) is 91.8 cm³/mol. The molecule has 7 unspecified atom stereocenters. The average Bonchev–Trinajstić information content (AvgIpc) is 2.92. The van der Waals surface area contributed by atoms with Crippen LogP contribution in [0.15, 0.2) is 11.6 Å². The van der Waals surface area contributed by atoms with Crippen molar-refractivity contribution in [2.45, 2.75) is 70.8 Å². The average molecular weight is 327 g/mol. The smallest absolute Gasteiger partial charge is 0.155 e. The van der Waals surface area contributed by atoms with Crippen LogP contribution in [0.4, 0.5) is 0 Å². The van der Waals surface area contributed by atoms with Gasteiger partial charge in [-0.1, -0.05) is 12.5 Å². The fourth-order valence-corrected chi connectivity index (χ4v) is 7.18. The number of carbonyl (C=O) groups excluding carboxylic acids is 1. The van der Waals surface area contributed by atoms with Gasteiger partial charge in [0.05, 0.1) is 6.07 Å². The number of nitriles is 1. The topological polar surface area (TPSA) is 61.1 Å². The molecule has 3 heteroatoms. The molecule has 1 N–H and O–H groups in total. The molecule has 7 atom stereocenters. The van der Waals surface area contributed by atoms with Crippen molar-refractivity contribution < 1.29 is 9.90 Å². The molecule has 24 heavy (non-hydrogen) atoms. The zero-order valence-electron chi connectivity index (χ0n) is 14.9. The molecule has 0 aromatic rings. The standard InChI is InChI=1S/C21H29NO2/c1-20-10-9-16-15-6-4-14(23)11-13(15)3-5-17(16)18(20)7-8-19(20)21(2,24)12-22/h11,15-19,24H,3-10H2,1-2H3. The molecule has 4 aliphatic carbocycles. The number of nitrogens with zero attached hydrogens (tertiary/aromatic N) is 1. The third kappa shape index (κ3) is 2.22. The van der Waals surface area contributed by atoms with Crippen LogP contribution < -0.4 is 0 Å². The van der Waals surface area contributed by atoms with Gasteiger partial charge in [-0.25, -0.2) is 0 Å². The highest BCUT2D eigenvalue weighted by Gasteiger charge is 2.59. The molecule has 0 spiro atoms. The second-order valence-electron chi connectivity index (χ2n) is 9.24. The van der Waals surface area contributed by atoms with E-state index in [0.717, 1.165) is 50.4 Å². The fourth-order valence-electron chi connectivity index (χ4n) is 7.18. The molecule has 3 fully saturated rings. The van der Waals surface area contributed by atoms with Crippen LogP contribution in [0.2, 0.25) is 0 Å². The summed E-state index contributed by atoms with van der Waals surface area (Å²) in [5, 5.41) is 20.1. The van der Waals surface area contributed by atoms with Gasteiger partial charge >= 0.3 is 0 Å². The van der Waals surface area contributed by atoms with Crippen LogP contribution in [0.3, 0.4) is 0 Å². The first-order valence-corrected chi connectivity index (χ1v) is 9.74. The molecular weight excluding hydrogens is 298 g/mol. The maximum absolute atomic E-state index is 11.8. The molecule has 4 rings (SSSR count). The number of allylic oxidation sites excluding steroid dienone is 1. The molecule has 0 heterocycles. The Hall–Kier alpha value is -1.14. The summed E-state index contributed by atoms with van der Waals surface area (Å²) in [4.78, 5) is 11.8. The zero-order valence-corrected chi connectivity index (χ0v) is 14.9. The molecule has 0 aromatic heterocycles. The minimum atomic E-state index is -1.20. The van der Waals surface area contributed by atoms with Crippen molar-refractivity contribution in [2.24, 2.45) is 35.0 Å². The molecule has 3 saturated carbocycles. The van der Waals surface area contributed by atoms with E-state index in [-0.39, 0.29) is 11.3 Å². The third-order valence-electron chi connectivity index (χ3n) is 8.21. The van der Waals surface area contributed by atoms with Crippen LogP contribution in [0.1, 0.15) is 65.2 Å². The Bertz CT molecular complexity index is 628.